The minimum atomic E-state index is -0.623. The summed E-state index contributed by atoms with van der Waals surface area (Å²) in [5.74, 6) is 0.285. The van der Waals surface area contributed by atoms with Gasteiger partial charge in [0.15, 0.2) is 5.82 Å². The molecule has 0 fully saturated rings. The highest BCUT2D eigenvalue weighted by molar-refractivity contribution is 6.04. The first-order valence-corrected chi connectivity index (χ1v) is 7.67. The standard InChI is InChI=1S/C17H16F2N4O2/c18-8-3-9-25-11-6-7-14-12(10-11)16(23-22-14)21-17(24)20-15-5-2-1-4-13(15)19/h1-2,4-7,10H,3,8-9H2,(H3,20,21,22,23,24). The van der Waals surface area contributed by atoms with Gasteiger partial charge < -0.3 is 10.1 Å². The van der Waals surface area contributed by atoms with E-state index in [-0.39, 0.29) is 18.1 Å². The summed E-state index contributed by atoms with van der Waals surface area (Å²) in [5.41, 5.74) is 0.758. The number of nitrogens with one attached hydrogen (secondary N) is 3. The summed E-state index contributed by atoms with van der Waals surface area (Å²) in [5, 5.41) is 12.4. The third-order valence-electron chi connectivity index (χ3n) is 3.43. The van der Waals surface area contributed by atoms with Crippen molar-refractivity contribution < 1.29 is 18.3 Å². The molecule has 0 saturated carbocycles. The van der Waals surface area contributed by atoms with Crippen LogP contribution in [0.4, 0.5) is 25.1 Å². The van der Waals surface area contributed by atoms with Crippen molar-refractivity contribution in [2.75, 3.05) is 23.9 Å². The van der Waals surface area contributed by atoms with E-state index in [9.17, 15) is 13.6 Å². The number of aromatic nitrogens is 2. The Hall–Kier alpha value is -3.16. The van der Waals surface area contributed by atoms with Gasteiger partial charge in [0.25, 0.3) is 0 Å². The highest BCUT2D eigenvalue weighted by atomic mass is 19.1. The van der Waals surface area contributed by atoms with Crippen molar-refractivity contribution in [3.05, 3.63) is 48.3 Å². The van der Waals surface area contributed by atoms with Crippen molar-refractivity contribution >= 4 is 28.4 Å². The van der Waals surface area contributed by atoms with Gasteiger partial charge in [0.1, 0.15) is 11.6 Å². The highest BCUT2D eigenvalue weighted by Crippen LogP contribution is 2.25. The number of aromatic amines is 1. The topological polar surface area (TPSA) is 79.0 Å². The van der Waals surface area contributed by atoms with Gasteiger partial charge in [0.2, 0.25) is 0 Å². The van der Waals surface area contributed by atoms with Gasteiger partial charge in [0, 0.05) is 11.8 Å². The van der Waals surface area contributed by atoms with E-state index in [1.165, 1.54) is 18.2 Å². The van der Waals surface area contributed by atoms with Crippen LogP contribution in [0.25, 0.3) is 10.9 Å². The predicted molar refractivity (Wildman–Crippen MR) is 91.2 cm³/mol. The lowest BCUT2D eigenvalue weighted by atomic mass is 10.2. The van der Waals surface area contributed by atoms with Crippen molar-refractivity contribution in [2.45, 2.75) is 6.42 Å². The minimum absolute atomic E-state index is 0.0649. The molecule has 2 aromatic carbocycles. The zero-order chi connectivity index (χ0) is 17.6. The number of alkyl halides is 1. The summed E-state index contributed by atoms with van der Waals surface area (Å²) in [6.45, 7) is -0.187. The first-order valence-electron chi connectivity index (χ1n) is 7.67. The summed E-state index contributed by atoms with van der Waals surface area (Å²) in [7, 11) is 0. The monoisotopic (exact) mass is 346 g/mol. The minimum Gasteiger partial charge on any atom is -0.493 e. The Labute approximate surface area is 142 Å². The van der Waals surface area contributed by atoms with Crippen molar-refractivity contribution in [3.63, 3.8) is 0 Å². The van der Waals surface area contributed by atoms with Crippen molar-refractivity contribution in [2.24, 2.45) is 0 Å². The molecule has 0 saturated heterocycles. The lowest BCUT2D eigenvalue weighted by molar-refractivity contribution is 0.262. The van der Waals surface area contributed by atoms with Crippen molar-refractivity contribution in [1.29, 1.82) is 0 Å². The Kier molecular flexibility index (Phi) is 5.08. The number of para-hydroxylation sites is 1. The molecule has 2 amide bonds. The fraction of sp³-hybridized carbons (Fsp3) is 0.176. The van der Waals surface area contributed by atoms with Gasteiger partial charge in [-0.1, -0.05) is 12.1 Å². The molecule has 3 aromatic rings. The maximum atomic E-state index is 13.6. The number of benzene rings is 2. The third kappa shape index (κ3) is 4.03. The molecule has 1 heterocycles. The van der Waals surface area contributed by atoms with Crippen LogP contribution in [0.15, 0.2) is 42.5 Å². The van der Waals surface area contributed by atoms with Crippen LogP contribution in [0, 0.1) is 5.82 Å². The first-order chi connectivity index (χ1) is 12.2. The molecule has 3 rings (SSSR count). The number of urea groups is 1. The SMILES string of the molecule is O=C(Nc1ccccc1F)Nc1n[nH]c2ccc(OCCCF)cc12. The fourth-order valence-electron chi connectivity index (χ4n) is 2.25. The molecule has 6 nitrogen and oxygen atoms in total. The number of carbonyl (C=O) groups is 1. The van der Waals surface area contributed by atoms with Gasteiger partial charge in [-0.25, -0.2) is 9.18 Å². The van der Waals surface area contributed by atoms with E-state index >= 15 is 0 Å². The number of H-pyrrole nitrogens is 1. The number of fused-ring (bicyclic) bond motifs is 1. The van der Waals surface area contributed by atoms with Gasteiger partial charge in [-0.2, -0.15) is 5.10 Å². The van der Waals surface area contributed by atoms with Crippen LogP contribution < -0.4 is 15.4 Å². The number of ether oxygens (including phenoxy) is 1. The molecule has 0 bridgehead atoms. The van der Waals surface area contributed by atoms with E-state index in [4.69, 9.17) is 4.74 Å². The highest BCUT2D eigenvalue weighted by Gasteiger charge is 2.12. The number of anilines is 2. The molecule has 1 aromatic heterocycles. The summed E-state index contributed by atoms with van der Waals surface area (Å²) >= 11 is 0. The number of rotatable bonds is 6. The Morgan fingerprint density at radius 2 is 2.04 bits per heavy atom. The van der Waals surface area contributed by atoms with Gasteiger partial charge in [-0.05, 0) is 30.3 Å². The maximum absolute atomic E-state index is 13.6. The van der Waals surface area contributed by atoms with Crippen LogP contribution in [-0.4, -0.2) is 29.5 Å². The van der Waals surface area contributed by atoms with Crippen LogP contribution in [0.2, 0.25) is 0 Å². The summed E-state index contributed by atoms with van der Waals surface area (Å²) < 4.78 is 31.1. The quantitative estimate of drug-likeness (QED) is 0.588. The van der Waals surface area contributed by atoms with Crippen LogP contribution in [0.5, 0.6) is 5.75 Å². The van der Waals surface area contributed by atoms with Crippen molar-refractivity contribution in [1.82, 2.24) is 10.2 Å². The number of hydrogen-bond donors (Lipinski definition) is 3. The average molecular weight is 346 g/mol. The second kappa shape index (κ2) is 7.61. The molecule has 3 N–H and O–H groups in total. The second-order valence-electron chi connectivity index (χ2n) is 5.23. The van der Waals surface area contributed by atoms with Crippen LogP contribution in [-0.2, 0) is 0 Å². The summed E-state index contributed by atoms with van der Waals surface area (Å²) in [6, 6.07) is 10.4. The molecule has 0 spiro atoms. The van der Waals surface area contributed by atoms with E-state index < -0.39 is 18.5 Å². The van der Waals surface area contributed by atoms with Gasteiger partial charge in [-0.15, -0.1) is 0 Å². The molecule has 130 valence electrons. The zero-order valence-corrected chi connectivity index (χ0v) is 13.2. The van der Waals surface area contributed by atoms with E-state index in [1.54, 1.807) is 24.3 Å². The van der Waals surface area contributed by atoms with E-state index in [1.807, 2.05) is 0 Å². The van der Waals surface area contributed by atoms with Gasteiger partial charge >= 0.3 is 6.03 Å². The molecule has 0 aliphatic carbocycles. The molecular formula is C17H16F2N4O2. The largest absolute Gasteiger partial charge is 0.493 e. The first kappa shape index (κ1) is 16.7. The lowest BCUT2D eigenvalue weighted by Crippen LogP contribution is -2.20. The average Bonchev–Trinajstić information content (AvgIpc) is 2.99. The van der Waals surface area contributed by atoms with Gasteiger partial charge in [-0.3, -0.25) is 14.8 Å². The molecule has 8 heteroatoms. The Balaban J connectivity index is 1.73. The number of amides is 2. The molecule has 0 aliphatic rings. The number of hydrogen-bond acceptors (Lipinski definition) is 3. The van der Waals surface area contributed by atoms with E-state index in [0.717, 1.165) is 0 Å². The lowest BCUT2D eigenvalue weighted by Gasteiger charge is -2.07. The molecule has 0 radical (unpaired) electrons. The van der Waals surface area contributed by atoms with E-state index in [2.05, 4.69) is 20.8 Å². The second-order valence-corrected chi connectivity index (χ2v) is 5.23. The predicted octanol–water partition coefficient (Wildman–Crippen LogP) is 4.08. The smallest absolute Gasteiger partial charge is 0.324 e. The number of nitrogens with zero attached hydrogens (tertiary/aromatic N) is 1. The van der Waals surface area contributed by atoms with E-state index in [0.29, 0.717) is 23.1 Å². The van der Waals surface area contributed by atoms with Crippen molar-refractivity contribution in [3.8, 4) is 5.75 Å². The molecule has 0 unspecified atom stereocenters. The fourth-order valence-corrected chi connectivity index (χ4v) is 2.25. The Morgan fingerprint density at radius 1 is 1.20 bits per heavy atom. The number of halogens is 2. The molecule has 25 heavy (non-hydrogen) atoms. The molecular weight excluding hydrogens is 330 g/mol. The maximum Gasteiger partial charge on any atom is 0.324 e. The Morgan fingerprint density at radius 3 is 2.84 bits per heavy atom. The zero-order valence-electron chi connectivity index (χ0n) is 13.2. The van der Waals surface area contributed by atoms with Crippen LogP contribution in [0.3, 0.4) is 0 Å². The number of carbonyl (C=O) groups excluding carboxylic acids is 1. The van der Waals surface area contributed by atoms with Crippen LogP contribution in [0.1, 0.15) is 6.42 Å². The normalized spacial score (nSPS) is 10.6. The van der Waals surface area contributed by atoms with Crippen LogP contribution >= 0.6 is 0 Å². The summed E-state index contributed by atoms with van der Waals surface area (Å²) in [6.07, 6.45) is 0.305. The third-order valence-corrected chi connectivity index (χ3v) is 3.43. The molecule has 0 aliphatic heterocycles. The Bertz CT molecular complexity index is 882. The van der Waals surface area contributed by atoms with Gasteiger partial charge in [0.05, 0.1) is 24.5 Å². The molecule has 0 atom stereocenters. The summed E-state index contributed by atoms with van der Waals surface area (Å²) in [4.78, 5) is 12.1.